The van der Waals surface area contributed by atoms with E-state index < -0.39 is 0 Å². The number of hydrogen-bond donors (Lipinski definition) is 1. The van der Waals surface area contributed by atoms with Gasteiger partial charge < -0.3 is 10.2 Å². The van der Waals surface area contributed by atoms with Gasteiger partial charge in [0.15, 0.2) is 0 Å². The summed E-state index contributed by atoms with van der Waals surface area (Å²) in [7, 11) is 0. The standard InChI is InChI=1S/C23H33N3O/c27-23(18-6-7-18)26(16-17-4-2-1-3-5-17)21-10-12-25(13-11-21)22-19-8-9-20(22)15-24-14-19/h1-5,18-22,24H,6-16H2/t19-,20+,22+. The number of piperidine rings is 2. The quantitative estimate of drug-likeness (QED) is 0.869. The molecule has 0 radical (unpaired) electrons. The zero-order valence-corrected chi connectivity index (χ0v) is 16.4. The lowest BCUT2D eigenvalue weighted by Crippen LogP contribution is -2.55. The molecule has 2 saturated carbocycles. The minimum atomic E-state index is 0.312. The molecule has 2 saturated heterocycles. The number of benzene rings is 1. The molecule has 146 valence electrons. The summed E-state index contributed by atoms with van der Waals surface area (Å²) in [4.78, 5) is 18.0. The highest BCUT2D eigenvalue weighted by Gasteiger charge is 2.44. The molecule has 4 nitrogen and oxygen atoms in total. The molecule has 4 fully saturated rings. The molecule has 0 unspecified atom stereocenters. The highest BCUT2D eigenvalue weighted by Crippen LogP contribution is 2.39. The first kappa shape index (κ1) is 17.7. The van der Waals surface area contributed by atoms with Crippen LogP contribution in [0.25, 0.3) is 0 Å². The molecule has 4 aliphatic rings. The van der Waals surface area contributed by atoms with Crippen LogP contribution in [0.15, 0.2) is 30.3 Å². The molecule has 5 rings (SSSR count). The van der Waals surface area contributed by atoms with Crippen molar-refractivity contribution in [2.75, 3.05) is 26.2 Å². The second kappa shape index (κ2) is 7.56. The van der Waals surface area contributed by atoms with Crippen molar-refractivity contribution >= 4 is 5.91 Å². The lowest BCUT2D eigenvalue weighted by molar-refractivity contribution is -0.137. The predicted molar refractivity (Wildman–Crippen MR) is 107 cm³/mol. The molecule has 0 spiro atoms. The number of carbonyl (C=O) groups is 1. The van der Waals surface area contributed by atoms with E-state index in [1.54, 1.807) is 0 Å². The Bertz CT molecular complexity index is 635. The van der Waals surface area contributed by atoms with Crippen molar-refractivity contribution in [3.05, 3.63) is 35.9 Å². The second-order valence-electron chi connectivity index (χ2n) is 9.24. The number of nitrogens with zero attached hydrogens (tertiary/aromatic N) is 2. The first-order valence-corrected chi connectivity index (χ1v) is 11.1. The Morgan fingerprint density at radius 2 is 1.63 bits per heavy atom. The SMILES string of the molecule is O=C(C1CC1)N(Cc1ccccc1)C1CCN([C@H]2[C@@H]3CC[C@H]2CNC3)CC1. The van der Waals surface area contributed by atoms with E-state index in [9.17, 15) is 4.79 Å². The summed E-state index contributed by atoms with van der Waals surface area (Å²) >= 11 is 0. The van der Waals surface area contributed by atoms with Crippen molar-refractivity contribution in [3.63, 3.8) is 0 Å². The second-order valence-corrected chi connectivity index (χ2v) is 9.24. The lowest BCUT2D eigenvalue weighted by atomic mass is 9.89. The van der Waals surface area contributed by atoms with Gasteiger partial charge in [0.25, 0.3) is 0 Å². The summed E-state index contributed by atoms with van der Waals surface area (Å²) in [5.74, 6) is 2.44. The molecular formula is C23H33N3O. The normalized spacial score (nSPS) is 31.8. The van der Waals surface area contributed by atoms with Crippen LogP contribution in [-0.2, 0) is 11.3 Å². The molecule has 1 aromatic rings. The van der Waals surface area contributed by atoms with Crippen LogP contribution in [0.2, 0.25) is 0 Å². The molecule has 1 N–H and O–H groups in total. The van der Waals surface area contributed by atoms with Crippen LogP contribution in [0.1, 0.15) is 44.1 Å². The Kier molecular flexibility index (Phi) is 4.95. The summed E-state index contributed by atoms with van der Waals surface area (Å²) in [5, 5.41) is 3.62. The van der Waals surface area contributed by atoms with Gasteiger partial charge in [-0.2, -0.15) is 0 Å². The number of likely N-dealkylation sites (tertiary alicyclic amines) is 1. The molecule has 3 atom stereocenters. The molecule has 1 aromatic carbocycles. The van der Waals surface area contributed by atoms with Gasteiger partial charge in [-0.1, -0.05) is 30.3 Å². The maximum absolute atomic E-state index is 13.0. The summed E-state index contributed by atoms with van der Waals surface area (Å²) in [6.45, 7) is 5.55. The van der Waals surface area contributed by atoms with Crippen LogP contribution in [0.5, 0.6) is 0 Å². The number of hydrogen-bond acceptors (Lipinski definition) is 3. The smallest absolute Gasteiger partial charge is 0.226 e. The van der Waals surface area contributed by atoms with Crippen molar-refractivity contribution in [2.45, 2.75) is 57.2 Å². The van der Waals surface area contributed by atoms with E-state index >= 15 is 0 Å². The fraction of sp³-hybridized carbons (Fsp3) is 0.696. The summed E-state index contributed by atoms with van der Waals surface area (Å²) in [5.41, 5.74) is 1.27. The Morgan fingerprint density at radius 1 is 0.963 bits per heavy atom. The Hall–Kier alpha value is -1.39. The van der Waals surface area contributed by atoms with Gasteiger partial charge in [0.1, 0.15) is 0 Å². The molecule has 2 heterocycles. The van der Waals surface area contributed by atoms with Gasteiger partial charge in [-0.3, -0.25) is 9.69 Å². The van der Waals surface area contributed by atoms with Crippen molar-refractivity contribution in [1.82, 2.24) is 15.1 Å². The van der Waals surface area contributed by atoms with Crippen LogP contribution in [0.4, 0.5) is 0 Å². The summed E-state index contributed by atoms with van der Waals surface area (Å²) in [6, 6.07) is 11.8. The van der Waals surface area contributed by atoms with Gasteiger partial charge in [-0.05, 0) is 69.0 Å². The maximum Gasteiger partial charge on any atom is 0.226 e. The average molecular weight is 368 g/mol. The van der Waals surface area contributed by atoms with Gasteiger partial charge >= 0.3 is 0 Å². The van der Waals surface area contributed by atoms with E-state index in [4.69, 9.17) is 0 Å². The monoisotopic (exact) mass is 367 g/mol. The maximum atomic E-state index is 13.0. The van der Waals surface area contributed by atoms with Gasteiger partial charge in [0.2, 0.25) is 5.91 Å². The minimum absolute atomic E-state index is 0.312. The third-order valence-corrected chi connectivity index (χ3v) is 7.45. The fourth-order valence-corrected chi connectivity index (χ4v) is 5.88. The molecule has 27 heavy (non-hydrogen) atoms. The third kappa shape index (κ3) is 3.66. The van der Waals surface area contributed by atoms with Crippen molar-refractivity contribution in [1.29, 1.82) is 0 Å². The van der Waals surface area contributed by atoms with Crippen LogP contribution in [-0.4, -0.2) is 54.0 Å². The van der Waals surface area contributed by atoms with Crippen molar-refractivity contribution in [3.8, 4) is 0 Å². The zero-order valence-electron chi connectivity index (χ0n) is 16.4. The predicted octanol–water partition coefficient (Wildman–Crippen LogP) is 2.89. The topological polar surface area (TPSA) is 35.6 Å². The Balaban J connectivity index is 1.25. The average Bonchev–Trinajstić information content (AvgIpc) is 3.53. The number of fused-ring (bicyclic) bond motifs is 2. The number of rotatable bonds is 5. The number of nitrogens with one attached hydrogen (secondary N) is 1. The lowest BCUT2D eigenvalue weighted by Gasteiger charge is -2.45. The molecule has 4 heteroatoms. The molecule has 2 aliphatic heterocycles. The Labute approximate surface area is 163 Å². The zero-order chi connectivity index (χ0) is 18.2. The van der Waals surface area contributed by atoms with Crippen LogP contribution < -0.4 is 5.32 Å². The summed E-state index contributed by atoms with van der Waals surface area (Å²) < 4.78 is 0. The van der Waals surface area contributed by atoms with Crippen LogP contribution >= 0.6 is 0 Å². The highest BCUT2D eigenvalue weighted by molar-refractivity contribution is 5.81. The van der Waals surface area contributed by atoms with E-state index in [-0.39, 0.29) is 0 Å². The molecule has 2 aliphatic carbocycles. The third-order valence-electron chi connectivity index (χ3n) is 7.45. The molecular weight excluding hydrogens is 334 g/mol. The van der Waals surface area contributed by atoms with E-state index in [0.717, 1.165) is 50.1 Å². The summed E-state index contributed by atoms with van der Waals surface area (Å²) in [6.07, 6.45) is 7.30. The molecule has 2 bridgehead atoms. The molecule has 0 aromatic heterocycles. The van der Waals surface area contributed by atoms with Gasteiger partial charge in [0, 0.05) is 37.6 Å². The first-order valence-electron chi connectivity index (χ1n) is 11.1. The van der Waals surface area contributed by atoms with E-state index in [1.165, 1.54) is 44.6 Å². The van der Waals surface area contributed by atoms with E-state index in [2.05, 4.69) is 45.4 Å². The van der Waals surface area contributed by atoms with Gasteiger partial charge in [0.05, 0.1) is 0 Å². The number of carbonyl (C=O) groups excluding carboxylic acids is 1. The number of amides is 1. The first-order chi connectivity index (χ1) is 13.3. The molecule has 1 amide bonds. The van der Waals surface area contributed by atoms with Crippen LogP contribution in [0.3, 0.4) is 0 Å². The van der Waals surface area contributed by atoms with E-state index in [1.807, 2.05) is 0 Å². The Morgan fingerprint density at radius 3 is 2.26 bits per heavy atom. The fourth-order valence-electron chi connectivity index (χ4n) is 5.88. The van der Waals surface area contributed by atoms with E-state index in [0.29, 0.717) is 17.9 Å². The van der Waals surface area contributed by atoms with Crippen LogP contribution in [0, 0.1) is 17.8 Å². The minimum Gasteiger partial charge on any atom is -0.335 e. The van der Waals surface area contributed by atoms with Gasteiger partial charge in [-0.25, -0.2) is 0 Å². The van der Waals surface area contributed by atoms with Crippen molar-refractivity contribution in [2.24, 2.45) is 17.8 Å². The largest absolute Gasteiger partial charge is 0.335 e. The van der Waals surface area contributed by atoms with Gasteiger partial charge in [-0.15, -0.1) is 0 Å². The van der Waals surface area contributed by atoms with Crippen molar-refractivity contribution < 1.29 is 4.79 Å². The highest BCUT2D eigenvalue weighted by atomic mass is 16.2.